The lowest BCUT2D eigenvalue weighted by molar-refractivity contribution is -0.133. The molecule has 1 saturated heterocycles. The number of likely N-dealkylation sites (N-methyl/N-ethyl adjacent to an activating group) is 1. The van der Waals surface area contributed by atoms with Gasteiger partial charge in [0.2, 0.25) is 11.8 Å². The van der Waals surface area contributed by atoms with Gasteiger partial charge in [0.1, 0.15) is 0 Å². The van der Waals surface area contributed by atoms with E-state index in [2.05, 4.69) is 5.32 Å². The molecule has 148 valence electrons. The van der Waals surface area contributed by atoms with E-state index >= 15 is 0 Å². The van der Waals surface area contributed by atoms with Gasteiger partial charge < -0.3 is 10.2 Å². The van der Waals surface area contributed by atoms with Gasteiger partial charge in [0.25, 0.3) is 0 Å². The Morgan fingerprint density at radius 2 is 1.89 bits per heavy atom. The number of nitrogens with zero attached hydrogens (tertiary/aromatic N) is 2. The summed E-state index contributed by atoms with van der Waals surface area (Å²) in [6.07, 6.45) is 1.73. The summed E-state index contributed by atoms with van der Waals surface area (Å²) in [5.41, 5.74) is 0.766. The maximum absolute atomic E-state index is 12.7. The number of para-hydroxylation sites is 1. The van der Waals surface area contributed by atoms with Gasteiger partial charge in [-0.1, -0.05) is 35.5 Å². The van der Waals surface area contributed by atoms with Crippen LogP contribution in [0.1, 0.15) is 12.8 Å². The Balaban J connectivity index is 1.66. The first-order chi connectivity index (χ1) is 13.4. The molecule has 5 nitrogen and oxygen atoms in total. The van der Waals surface area contributed by atoms with Crippen LogP contribution in [0.15, 0.2) is 58.3 Å². The third-order valence-corrected chi connectivity index (χ3v) is 5.97. The molecule has 1 atom stereocenters. The number of carbonyl (C=O) groups excluding carboxylic acids is 2. The molecule has 0 radical (unpaired) electrons. The fourth-order valence-corrected chi connectivity index (χ4v) is 4.28. The van der Waals surface area contributed by atoms with Gasteiger partial charge in [0, 0.05) is 28.9 Å². The third kappa shape index (κ3) is 5.28. The minimum absolute atomic E-state index is 0.0593. The second kappa shape index (κ2) is 9.45. The van der Waals surface area contributed by atoms with Crippen molar-refractivity contribution in [1.82, 2.24) is 9.80 Å². The number of benzene rings is 2. The van der Waals surface area contributed by atoms with Crippen LogP contribution in [-0.2, 0) is 9.59 Å². The topological polar surface area (TPSA) is 52.7 Å². The highest BCUT2D eigenvalue weighted by atomic mass is 35.5. The molecule has 1 fully saturated rings. The van der Waals surface area contributed by atoms with Crippen LogP contribution in [-0.4, -0.2) is 54.8 Å². The number of hydrogen-bond acceptors (Lipinski definition) is 4. The quantitative estimate of drug-likeness (QED) is 0.772. The Bertz CT molecular complexity index is 842. The molecular formula is C21H24ClN3O2S. The van der Waals surface area contributed by atoms with Gasteiger partial charge in [-0.05, 0) is 55.8 Å². The molecule has 3 rings (SSSR count). The molecule has 2 aromatic carbocycles. The van der Waals surface area contributed by atoms with E-state index in [1.165, 1.54) is 0 Å². The second-order valence-corrected chi connectivity index (χ2v) is 8.51. The number of anilines is 1. The largest absolute Gasteiger partial charge is 0.347 e. The maximum atomic E-state index is 12.7. The molecule has 1 aliphatic rings. The molecule has 0 saturated carbocycles. The summed E-state index contributed by atoms with van der Waals surface area (Å²) in [6.45, 7) is 0.975. The van der Waals surface area contributed by atoms with Crippen molar-refractivity contribution in [1.29, 1.82) is 0 Å². The summed E-state index contributed by atoms with van der Waals surface area (Å²) in [4.78, 5) is 30.5. The standard InChI is InChI=1S/C21H24ClN3O2S/c1-24(2)21(27)18-7-5-13-25(18)14-20(26)23-17-6-3-4-8-19(17)28-16-11-9-15(22)10-12-16/h3-4,6,8-12,18H,5,7,13-14H2,1-2H3,(H,23,26). The molecule has 28 heavy (non-hydrogen) atoms. The highest BCUT2D eigenvalue weighted by molar-refractivity contribution is 7.99. The van der Waals surface area contributed by atoms with E-state index in [4.69, 9.17) is 11.6 Å². The smallest absolute Gasteiger partial charge is 0.239 e. The Labute approximate surface area is 175 Å². The lowest BCUT2D eigenvalue weighted by Crippen LogP contribution is -2.45. The van der Waals surface area contributed by atoms with Crippen molar-refractivity contribution < 1.29 is 9.59 Å². The molecule has 2 amide bonds. The van der Waals surface area contributed by atoms with Gasteiger partial charge in [-0.25, -0.2) is 0 Å². The van der Waals surface area contributed by atoms with E-state index in [9.17, 15) is 9.59 Å². The predicted molar refractivity (Wildman–Crippen MR) is 114 cm³/mol. The molecule has 0 aromatic heterocycles. The Hall–Kier alpha value is -2.02. The van der Waals surface area contributed by atoms with Crippen LogP contribution < -0.4 is 5.32 Å². The summed E-state index contributed by atoms with van der Waals surface area (Å²) in [5.74, 6) is -0.0494. The highest BCUT2D eigenvalue weighted by Gasteiger charge is 2.32. The van der Waals surface area contributed by atoms with Crippen molar-refractivity contribution in [2.24, 2.45) is 0 Å². The van der Waals surface area contributed by atoms with E-state index < -0.39 is 0 Å². The lowest BCUT2D eigenvalue weighted by Gasteiger charge is -2.25. The molecule has 7 heteroatoms. The number of hydrogen-bond donors (Lipinski definition) is 1. The van der Waals surface area contributed by atoms with Crippen LogP contribution in [0.3, 0.4) is 0 Å². The minimum atomic E-state index is -0.209. The molecule has 2 aromatic rings. The normalized spacial score (nSPS) is 16.8. The Morgan fingerprint density at radius 3 is 2.61 bits per heavy atom. The second-order valence-electron chi connectivity index (χ2n) is 6.96. The Morgan fingerprint density at radius 1 is 1.18 bits per heavy atom. The van der Waals surface area contributed by atoms with Crippen LogP contribution in [0.4, 0.5) is 5.69 Å². The fourth-order valence-electron chi connectivity index (χ4n) is 3.26. The summed E-state index contributed by atoms with van der Waals surface area (Å²) >= 11 is 7.52. The van der Waals surface area contributed by atoms with Gasteiger partial charge in [-0.2, -0.15) is 0 Å². The van der Waals surface area contributed by atoms with Crippen molar-refractivity contribution in [3.63, 3.8) is 0 Å². The molecule has 1 heterocycles. The average molecular weight is 418 g/mol. The van der Waals surface area contributed by atoms with Crippen LogP contribution in [0.25, 0.3) is 0 Å². The number of nitrogens with one attached hydrogen (secondary N) is 1. The van der Waals surface area contributed by atoms with Crippen molar-refractivity contribution in [2.75, 3.05) is 32.5 Å². The maximum Gasteiger partial charge on any atom is 0.239 e. The number of likely N-dealkylation sites (tertiary alicyclic amines) is 1. The van der Waals surface area contributed by atoms with E-state index in [0.29, 0.717) is 5.02 Å². The molecular weight excluding hydrogens is 394 g/mol. The lowest BCUT2D eigenvalue weighted by atomic mass is 10.2. The van der Waals surface area contributed by atoms with Gasteiger partial charge >= 0.3 is 0 Å². The van der Waals surface area contributed by atoms with E-state index in [1.807, 2.05) is 53.4 Å². The van der Waals surface area contributed by atoms with Crippen molar-refractivity contribution >= 4 is 40.9 Å². The van der Waals surface area contributed by atoms with Gasteiger partial charge in [-0.15, -0.1) is 0 Å². The summed E-state index contributed by atoms with van der Waals surface area (Å²) in [7, 11) is 3.51. The SMILES string of the molecule is CN(C)C(=O)C1CCCN1CC(=O)Nc1ccccc1Sc1ccc(Cl)cc1. The monoisotopic (exact) mass is 417 g/mol. The fraction of sp³-hybridized carbons (Fsp3) is 0.333. The van der Waals surface area contributed by atoms with Crippen molar-refractivity contribution in [2.45, 2.75) is 28.7 Å². The zero-order chi connectivity index (χ0) is 20.1. The Kier molecular flexibility index (Phi) is 6.99. The number of carbonyl (C=O) groups is 2. The molecule has 1 N–H and O–H groups in total. The van der Waals surface area contributed by atoms with E-state index in [1.54, 1.807) is 30.8 Å². The summed E-state index contributed by atoms with van der Waals surface area (Å²) < 4.78 is 0. The molecule has 0 bridgehead atoms. The first-order valence-electron chi connectivity index (χ1n) is 9.21. The molecule has 1 aliphatic heterocycles. The van der Waals surface area contributed by atoms with Crippen molar-refractivity contribution in [3.8, 4) is 0 Å². The van der Waals surface area contributed by atoms with Crippen molar-refractivity contribution in [3.05, 3.63) is 53.6 Å². The summed E-state index contributed by atoms with van der Waals surface area (Å²) in [5, 5.41) is 3.70. The highest BCUT2D eigenvalue weighted by Crippen LogP contribution is 2.34. The third-order valence-electron chi connectivity index (χ3n) is 4.64. The van der Waals surface area contributed by atoms with Gasteiger partial charge in [0.15, 0.2) is 0 Å². The molecule has 1 unspecified atom stereocenters. The van der Waals surface area contributed by atoms with Crippen LogP contribution in [0, 0.1) is 0 Å². The average Bonchev–Trinajstić information content (AvgIpc) is 3.12. The number of halogens is 1. The van der Waals surface area contributed by atoms with Crippen LogP contribution in [0.5, 0.6) is 0 Å². The summed E-state index contributed by atoms with van der Waals surface area (Å²) in [6, 6.07) is 15.1. The van der Waals surface area contributed by atoms with Gasteiger partial charge in [-0.3, -0.25) is 14.5 Å². The molecule has 0 spiro atoms. The van der Waals surface area contributed by atoms with E-state index in [-0.39, 0.29) is 24.4 Å². The zero-order valence-electron chi connectivity index (χ0n) is 16.0. The predicted octanol–water partition coefficient (Wildman–Crippen LogP) is 3.98. The number of amides is 2. The number of rotatable bonds is 6. The molecule has 0 aliphatic carbocycles. The first-order valence-corrected chi connectivity index (χ1v) is 10.4. The zero-order valence-corrected chi connectivity index (χ0v) is 17.6. The minimum Gasteiger partial charge on any atom is -0.347 e. The first kappa shape index (κ1) is 20.7. The van der Waals surface area contributed by atoms with Crippen LogP contribution >= 0.6 is 23.4 Å². The van der Waals surface area contributed by atoms with Gasteiger partial charge in [0.05, 0.1) is 18.3 Å². The van der Waals surface area contributed by atoms with E-state index in [0.717, 1.165) is 34.9 Å². The van der Waals surface area contributed by atoms with Crippen LogP contribution in [0.2, 0.25) is 5.02 Å².